The molecular weight excluding hydrogens is 374 g/mol. The number of phenolic OH excluding ortho intramolecular Hbond substituents is 1. The fourth-order valence-electron chi connectivity index (χ4n) is 6.78. The van der Waals surface area contributed by atoms with Crippen LogP contribution in [-0.4, -0.2) is 16.8 Å². The number of hydrogen-bond acceptors (Lipinski definition) is 3. The van der Waals surface area contributed by atoms with Gasteiger partial charge in [-0.15, -0.1) is 0 Å². The van der Waals surface area contributed by atoms with Crippen molar-refractivity contribution in [3.63, 3.8) is 0 Å². The van der Waals surface area contributed by atoms with E-state index in [0.717, 1.165) is 44.1 Å². The van der Waals surface area contributed by atoms with Crippen molar-refractivity contribution in [1.82, 2.24) is 0 Å². The summed E-state index contributed by atoms with van der Waals surface area (Å²) in [5.74, 6) is 1.91. The van der Waals surface area contributed by atoms with Gasteiger partial charge < -0.3 is 10.8 Å². The van der Waals surface area contributed by atoms with Gasteiger partial charge in [0.1, 0.15) is 11.5 Å². The predicted octanol–water partition coefficient (Wildman–Crippen LogP) is 4.39. The number of aromatic hydroxyl groups is 1. The van der Waals surface area contributed by atoms with Crippen LogP contribution in [0.1, 0.15) is 65.6 Å². The molecule has 0 heterocycles. The smallest absolute Gasteiger partial charge is 0.248 e. The highest BCUT2D eigenvalue weighted by Crippen LogP contribution is 2.61. The standard InChI is InChI=1S/C26H29NO3/c1-26-11-10-21-20-9-7-19(28)13-17(20)6-8-22(21)23(26)14-18(24(26)29)12-15-2-4-16(5-3-15)25(27)30/h2-5,7,9,13,18,21-23,28H,6,8,10-12,14H2,1H3,(H2,27,30)/t18-,21+,22+,23-,26-/m0/s1. The fraction of sp³-hybridized carbons (Fsp3) is 0.462. The lowest BCUT2D eigenvalue weighted by Gasteiger charge is -2.48. The van der Waals surface area contributed by atoms with Crippen LogP contribution in [0.5, 0.6) is 5.75 Å². The van der Waals surface area contributed by atoms with Crippen molar-refractivity contribution in [2.24, 2.45) is 28.9 Å². The lowest BCUT2D eigenvalue weighted by molar-refractivity contribution is -0.131. The largest absolute Gasteiger partial charge is 0.508 e. The molecule has 0 unspecified atom stereocenters. The van der Waals surface area contributed by atoms with Crippen molar-refractivity contribution in [1.29, 1.82) is 0 Å². The highest BCUT2D eigenvalue weighted by molar-refractivity contribution is 5.93. The van der Waals surface area contributed by atoms with Crippen molar-refractivity contribution in [3.8, 4) is 5.75 Å². The van der Waals surface area contributed by atoms with E-state index in [2.05, 4.69) is 13.0 Å². The van der Waals surface area contributed by atoms with Gasteiger partial charge in [-0.3, -0.25) is 9.59 Å². The number of carbonyl (C=O) groups excluding carboxylic acids is 2. The molecule has 4 nitrogen and oxygen atoms in total. The average molecular weight is 404 g/mol. The van der Waals surface area contributed by atoms with E-state index in [1.807, 2.05) is 24.3 Å². The second-order valence-corrected chi connectivity index (χ2v) is 9.82. The van der Waals surface area contributed by atoms with Crippen LogP contribution in [-0.2, 0) is 17.6 Å². The third kappa shape index (κ3) is 2.96. The zero-order chi connectivity index (χ0) is 21.0. The van der Waals surface area contributed by atoms with Crippen molar-refractivity contribution in [2.45, 2.75) is 51.4 Å². The normalized spacial score (nSPS) is 32.2. The lowest BCUT2D eigenvalue weighted by Crippen LogP contribution is -2.42. The number of primary amides is 1. The lowest BCUT2D eigenvalue weighted by atomic mass is 9.55. The minimum absolute atomic E-state index is 0.0550. The number of ketones is 1. The SMILES string of the molecule is C[C@]12CC[C@@H]3c4ccc(O)cc4CC[C@H]3[C@@H]1C[C@H](Cc1ccc(C(N)=O)cc1)C2=O. The van der Waals surface area contributed by atoms with Crippen molar-refractivity contribution < 1.29 is 14.7 Å². The van der Waals surface area contributed by atoms with Gasteiger partial charge in [-0.05, 0) is 97.2 Å². The first-order chi connectivity index (χ1) is 14.4. The summed E-state index contributed by atoms with van der Waals surface area (Å²) in [4.78, 5) is 24.8. The molecule has 0 radical (unpaired) electrons. The predicted molar refractivity (Wildman–Crippen MR) is 115 cm³/mol. The molecule has 0 aliphatic heterocycles. The molecular formula is C26H29NO3. The third-order valence-electron chi connectivity index (χ3n) is 8.29. The quantitative estimate of drug-likeness (QED) is 0.798. The molecule has 3 aliphatic carbocycles. The maximum atomic E-state index is 13.5. The van der Waals surface area contributed by atoms with Gasteiger partial charge in [-0.1, -0.05) is 25.1 Å². The molecule has 1 amide bonds. The maximum Gasteiger partial charge on any atom is 0.248 e. The summed E-state index contributed by atoms with van der Waals surface area (Å²) in [5.41, 5.74) is 9.41. The van der Waals surface area contributed by atoms with Crippen LogP contribution in [0.2, 0.25) is 0 Å². The monoisotopic (exact) mass is 403 g/mol. The average Bonchev–Trinajstić information content (AvgIpc) is 2.98. The van der Waals surface area contributed by atoms with E-state index in [1.54, 1.807) is 12.1 Å². The zero-order valence-corrected chi connectivity index (χ0v) is 17.4. The summed E-state index contributed by atoms with van der Waals surface area (Å²) in [7, 11) is 0. The van der Waals surface area contributed by atoms with E-state index in [1.165, 1.54) is 11.1 Å². The maximum absolute atomic E-state index is 13.5. The van der Waals surface area contributed by atoms with Crippen LogP contribution in [0.25, 0.3) is 0 Å². The Labute approximate surface area is 177 Å². The molecule has 5 atom stereocenters. The minimum Gasteiger partial charge on any atom is -0.508 e. The third-order valence-corrected chi connectivity index (χ3v) is 8.29. The number of phenols is 1. The summed E-state index contributed by atoms with van der Waals surface area (Å²) in [5, 5.41) is 9.86. The van der Waals surface area contributed by atoms with Gasteiger partial charge in [0.05, 0.1) is 0 Å². The van der Waals surface area contributed by atoms with E-state index in [9.17, 15) is 14.7 Å². The molecule has 0 spiro atoms. The number of aryl methyl sites for hydroxylation is 1. The molecule has 0 saturated heterocycles. The summed E-state index contributed by atoms with van der Waals surface area (Å²) in [6.45, 7) is 2.21. The van der Waals surface area contributed by atoms with Crippen LogP contribution >= 0.6 is 0 Å². The van der Waals surface area contributed by atoms with E-state index in [-0.39, 0.29) is 11.3 Å². The van der Waals surface area contributed by atoms with E-state index >= 15 is 0 Å². The number of fused-ring (bicyclic) bond motifs is 5. The van der Waals surface area contributed by atoms with Gasteiger partial charge in [0, 0.05) is 16.9 Å². The Morgan fingerprint density at radius 2 is 1.93 bits per heavy atom. The molecule has 2 aromatic rings. The molecule has 0 bridgehead atoms. The highest BCUT2D eigenvalue weighted by atomic mass is 16.3. The van der Waals surface area contributed by atoms with E-state index in [4.69, 9.17) is 5.73 Å². The van der Waals surface area contributed by atoms with Gasteiger partial charge in [-0.25, -0.2) is 0 Å². The van der Waals surface area contributed by atoms with Gasteiger partial charge in [-0.2, -0.15) is 0 Å². The first kappa shape index (κ1) is 19.3. The zero-order valence-electron chi connectivity index (χ0n) is 17.4. The van der Waals surface area contributed by atoms with Gasteiger partial charge >= 0.3 is 0 Å². The van der Waals surface area contributed by atoms with Crippen LogP contribution in [0.4, 0.5) is 0 Å². The number of Topliss-reactive ketones (excluding diaryl/α,β-unsaturated/α-hetero) is 1. The second kappa shape index (κ2) is 6.97. The van der Waals surface area contributed by atoms with Crippen LogP contribution in [0, 0.1) is 23.2 Å². The summed E-state index contributed by atoms with van der Waals surface area (Å²) in [6.07, 6.45) is 5.81. The Morgan fingerprint density at radius 1 is 1.17 bits per heavy atom. The second-order valence-electron chi connectivity index (χ2n) is 9.82. The number of benzene rings is 2. The number of nitrogens with two attached hydrogens (primary N) is 1. The molecule has 0 aromatic heterocycles. The number of carbonyl (C=O) groups is 2. The van der Waals surface area contributed by atoms with E-state index < -0.39 is 5.91 Å². The number of rotatable bonds is 3. The van der Waals surface area contributed by atoms with Gasteiger partial charge in [0.15, 0.2) is 0 Å². The topological polar surface area (TPSA) is 80.4 Å². The minimum atomic E-state index is -0.422. The van der Waals surface area contributed by atoms with Crippen LogP contribution in [0.3, 0.4) is 0 Å². The first-order valence-electron chi connectivity index (χ1n) is 11.1. The molecule has 3 N–H and O–H groups in total. The van der Waals surface area contributed by atoms with Crippen molar-refractivity contribution in [3.05, 3.63) is 64.7 Å². The van der Waals surface area contributed by atoms with Gasteiger partial charge in [0.2, 0.25) is 5.91 Å². The Kier molecular flexibility index (Phi) is 4.49. The van der Waals surface area contributed by atoms with Crippen LogP contribution in [0.15, 0.2) is 42.5 Å². The Bertz CT molecular complexity index is 1010. The highest BCUT2D eigenvalue weighted by Gasteiger charge is 2.57. The first-order valence-corrected chi connectivity index (χ1v) is 11.1. The number of amides is 1. The van der Waals surface area contributed by atoms with Crippen LogP contribution < -0.4 is 5.73 Å². The Hall–Kier alpha value is -2.62. The molecule has 5 rings (SSSR count). The summed E-state index contributed by atoms with van der Waals surface area (Å²) in [6, 6.07) is 13.2. The Balaban J connectivity index is 1.38. The van der Waals surface area contributed by atoms with E-state index in [0.29, 0.717) is 34.8 Å². The Morgan fingerprint density at radius 3 is 2.67 bits per heavy atom. The summed E-state index contributed by atoms with van der Waals surface area (Å²) >= 11 is 0. The van der Waals surface area contributed by atoms with Crippen molar-refractivity contribution in [2.75, 3.05) is 0 Å². The molecule has 2 fully saturated rings. The summed E-state index contributed by atoms with van der Waals surface area (Å²) < 4.78 is 0. The molecule has 2 saturated carbocycles. The molecule has 156 valence electrons. The van der Waals surface area contributed by atoms with Gasteiger partial charge in [0.25, 0.3) is 0 Å². The fourth-order valence-corrected chi connectivity index (χ4v) is 6.78. The molecule has 30 heavy (non-hydrogen) atoms. The molecule has 3 aliphatic rings. The number of hydrogen-bond donors (Lipinski definition) is 2. The molecule has 4 heteroatoms. The molecule has 2 aromatic carbocycles. The van der Waals surface area contributed by atoms with Crippen molar-refractivity contribution >= 4 is 11.7 Å².